The van der Waals surface area contributed by atoms with Crippen molar-refractivity contribution < 1.29 is 0 Å². The van der Waals surface area contributed by atoms with Gasteiger partial charge in [0.25, 0.3) is 0 Å². The smallest absolute Gasteiger partial charge is 0.0187 e. The topological polar surface area (TPSA) is 12.0 Å². The largest absolute Gasteiger partial charge is 0.316 e. The predicted octanol–water partition coefficient (Wildman–Crippen LogP) is 3.23. The lowest BCUT2D eigenvalue weighted by atomic mass is 10.1. The molecule has 2 rings (SSSR count). The lowest BCUT2D eigenvalue weighted by Crippen LogP contribution is -2.19. The second-order valence-corrected chi connectivity index (χ2v) is 5.73. The van der Waals surface area contributed by atoms with Gasteiger partial charge in [0.05, 0.1) is 0 Å². The van der Waals surface area contributed by atoms with E-state index in [0.29, 0.717) is 0 Å². The summed E-state index contributed by atoms with van der Waals surface area (Å²) in [4.78, 5) is 0. The van der Waals surface area contributed by atoms with E-state index in [1.54, 1.807) is 0 Å². The monoisotopic (exact) mass is 235 g/mol. The fourth-order valence-corrected chi connectivity index (χ4v) is 2.70. The van der Waals surface area contributed by atoms with Crippen molar-refractivity contribution in [3.8, 4) is 0 Å². The van der Waals surface area contributed by atoms with Crippen molar-refractivity contribution >= 4 is 11.8 Å². The van der Waals surface area contributed by atoms with Crippen LogP contribution < -0.4 is 5.32 Å². The highest BCUT2D eigenvalue weighted by molar-refractivity contribution is 7.98. The standard InChI is InChI=1S/C14H21NS/c1-12-4-2-3-5-14(12)11-16-9-8-15-10-13-6-7-13/h2-5,13,15H,6-11H2,1H3. The maximum atomic E-state index is 3.53. The van der Waals surface area contributed by atoms with E-state index in [0.717, 1.165) is 18.2 Å². The molecular weight excluding hydrogens is 214 g/mol. The minimum atomic E-state index is 1.00. The van der Waals surface area contributed by atoms with Gasteiger partial charge < -0.3 is 5.32 Å². The fourth-order valence-electron chi connectivity index (χ4n) is 1.73. The second kappa shape index (κ2) is 6.31. The molecule has 0 amide bonds. The minimum absolute atomic E-state index is 1.00. The number of rotatable bonds is 7. The molecule has 1 nitrogen and oxygen atoms in total. The molecule has 1 N–H and O–H groups in total. The molecule has 1 aromatic carbocycles. The quantitative estimate of drug-likeness (QED) is 0.728. The molecule has 1 aliphatic rings. The molecule has 88 valence electrons. The molecule has 1 fully saturated rings. The van der Waals surface area contributed by atoms with Crippen LogP contribution in [-0.4, -0.2) is 18.8 Å². The molecule has 1 aliphatic carbocycles. The molecule has 0 bridgehead atoms. The van der Waals surface area contributed by atoms with Gasteiger partial charge in [0, 0.05) is 18.1 Å². The average molecular weight is 235 g/mol. The lowest BCUT2D eigenvalue weighted by molar-refractivity contribution is 0.666. The normalized spacial score (nSPS) is 15.3. The van der Waals surface area contributed by atoms with Crippen LogP contribution in [-0.2, 0) is 5.75 Å². The molecule has 0 saturated heterocycles. The summed E-state index contributed by atoms with van der Waals surface area (Å²) in [7, 11) is 0. The SMILES string of the molecule is Cc1ccccc1CSCCNCC1CC1. The van der Waals surface area contributed by atoms with Gasteiger partial charge in [-0.3, -0.25) is 0 Å². The average Bonchev–Trinajstić information content (AvgIpc) is 3.09. The van der Waals surface area contributed by atoms with Gasteiger partial charge in [-0.05, 0) is 43.4 Å². The second-order valence-electron chi connectivity index (χ2n) is 4.63. The molecule has 0 radical (unpaired) electrons. The summed E-state index contributed by atoms with van der Waals surface area (Å²) in [6.07, 6.45) is 2.90. The highest BCUT2D eigenvalue weighted by Gasteiger charge is 2.19. The summed E-state index contributed by atoms with van der Waals surface area (Å²) in [6.45, 7) is 4.60. The molecule has 0 aromatic heterocycles. The van der Waals surface area contributed by atoms with Gasteiger partial charge in [-0.1, -0.05) is 24.3 Å². The van der Waals surface area contributed by atoms with Crippen molar-refractivity contribution in [3.63, 3.8) is 0 Å². The first-order valence-electron chi connectivity index (χ1n) is 6.19. The van der Waals surface area contributed by atoms with Crippen molar-refractivity contribution in [1.82, 2.24) is 5.32 Å². The Morgan fingerprint density at radius 2 is 2.12 bits per heavy atom. The summed E-state index contributed by atoms with van der Waals surface area (Å²) in [5, 5.41) is 3.53. The Bertz CT molecular complexity index is 320. The first-order chi connectivity index (χ1) is 7.86. The highest BCUT2D eigenvalue weighted by atomic mass is 32.2. The van der Waals surface area contributed by atoms with Crippen molar-refractivity contribution in [1.29, 1.82) is 0 Å². The zero-order valence-corrected chi connectivity index (χ0v) is 10.9. The predicted molar refractivity (Wildman–Crippen MR) is 72.9 cm³/mol. The Morgan fingerprint density at radius 3 is 2.88 bits per heavy atom. The third-order valence-corrected chi connectivity index (χ3v) is 4.08. The first-order valence-corrected chi connectivity index (χ1v) is 7.34. The van der Waals surface area contributed by atoms with E-state index >= 15 is 0 Å². The van der Waals surface area contributed by atoms with E-state index in [1.807, 2.05) is 11.8 Å². The summed E-state index contributed by atoms with van der Waals surface area (Å²) < 4.78 is 0. The Balaban J connectivity index is 1.55. The molecule has 0 spiro atoms. The van der Waals surface area contributed by atoms with Gasteiger partial charge in [-0.15, -0.1) is 0 Å². The van der Waals surface area contributed by atoms with E-state index in [9.17, 15) is 0 Å². The first kappa shape index (κ1) is 12.0. The maximum absolute atomic E-state index is 3.53. The molecule has 0 atom stereocenters. The Labute approximate surface area is 103 Å². The number of hydrogen-bond acceptors (Lipinski definition) is 2. The van der Waals surface area contributed by atoms with E-state index < -0.39 is 0 Å². The van der Waals surface area contributed by atoms with Gasteiger partial charge in [-0.2, -0.15) is 11.8 Å². The number of aryl methyl sites for hydroxylation is 1. The Morgan fingerprint density at radius 1 is 1.31 bits per heavy atom. The van der Waals surface area contributed by atoms with Gasteiger partial charge in [0.2, 0.25) is 0 Å². The number of nitrogens with one attached hydrogen (secondary N) is 1. The van der Waals surface area contributed by atoms with Crippen LogP contribution in [0.25, 0.3) is 0 Å². The summed E-state index contributed by atoms with van der Waals surface area (Å²) in [6, 6.07) is 8.68. The van der Waals surface area contributed by atoms with Crippen molar-refractivity contribution in [2.45, 2.75) is 25.5 Å². The van der Waals surface area contributed by atoms with Crippen LogP contribution in [0.4, 0.5) is 0 Å². The van der Waals surface area contributed by atoms with Crippen LogP contribution in [0.2, 0.25) is 0 Å². The van der Waals surface area contributed by atoms with Crippen molar-refractivity contribution in [2.75, 3.05) is 18.8 Å². The zero-order valence-electron chi connectivity index (χ0n) is 10.0. The Kier molecular flexibility index (Phi) is 4.73. The lowest BCUT2D eigenvalue weighted by Gasteiger charge is -2.06. The molecule has 0 heterocycles. The third kappa shape index (κ3) is 4.18. The summed E-state index contributed by atoms with van der Waals surface area (Å²) >= 11 is 2.03. The van der Waals surface area contributed by atoms with Crippen LogP contribution >= 0.6 is 11.8 Å². The molecule has 0 unspecified atom stereocenters. The van der Waals surface area contributed by atoms with E-state index in [2.05, 4.69) is 36.5 Å². The zero-order chi connectivity index (χ0) is 11.2. The van der Waals surface area contributed by atoms with Crippen LogP contribution in [0, 0.1) is 12.8 Å². The summed E-state index contributed by atoms with van der Waals surface area (Å²) in [5.41, 5.74) is 2.90. The van der Waals surface area contributed by atoms with Crippen molar-refractivity contribution in [2.24, 2.45) is 5.92 Å². The molecule has 16 heavy (non-hydrogen) atoms. The highest BCUT2D eigenvalue weighted by Crippen LogP contribution is 2.27. The summed E-state index contributed by atoms with van der Waals surface area (Å²) in [5.74, 6) is 3.38. The van der Waals surface area contributed by atoms with E-state index in [-0.39, 0.29) is 0 Å². The van der Waals surface area contributed by atoms with E-state index in [1.165, 1.54) is 36.3 Å². The number of hydrogen-bond donors (Lipinski definition) is 1. The molecule has 1 saturated carbocycles. The Hall–Kier alpha value is -0.470. The van der Waals surface area contributed by atoms with Crippen LogP contribution in [0.15, 0.2) is 24.3 Å². The van der Waals surface area contributed by atoms with Gasteiger partial charge in [0.1, 0.15) is 0 Å². The molecule has 2 heteroatoms. The van der Waals surface area contributed by atoms with Crippen LogP contribution in [0.5, 0.6) is 0 Å². The van der Waals surface area contributed by atoms with Crippen LogP contribution in [0.3, 0.4) is 0 Å². The fraction of sp³-hybridized carbons (Fsp3) is 0.571. The molecular formula is C14H21NS. The number of benzene rings is 1. The van der Waals surface area contributed by atoms with Gasteiger partial charge in [-0.25, -0.2) is 0 Å². The van der Waals surface area contributed by atoms with Gasteiger partial charge in [0.15, 0.2) is 0 Å². The molecule has 0 aliphatic heterocycles. The van der Waals surface area contributed by atoms with E-state index in [4.69, 9.17) is 0 Å². The third-order valence-electron chi connectivity index (χ3n) is 3.07. The van der Waals surface area contributed by atoms with Crippen molar-refractivity contribution in [3.05, 3.63) is 35.4 Å². The van der Waals surface area contributed by atoms with Crippen LogP contribution in [0.1, 0.15) is 24.0 Å². The number of thioether (sulfide) groups is 1. The minimum Gasteiger partial charge on any atom is -0.316 e. The maximum Gasteiger partial charge on any atom is 0.0187 e. The van der Waals surface area contributed by atoms with Gasteiger partial charge >= 0.3 is 0 Å². The molecule has 1 aromatic rings.